The molecular formula is C15H14N4O3S. The third-order valence-corrected chi connectivity index (χ3v) is 4.55. The molecule has 0 fully saturated rings. The first kappa shape index (κ1) is 15.2. The van der Waals surface area contributed by atoms with Crippen LogP contribution in [0.4, 0.5) is 5.69 Å². The Hall–Kier alpha value is -2.74. The first-order chi connectivity index (χ1) is 10.9. The van der Waals surface area contributed by atoms with E-state index in [4.69, 9.17) is 0 Å². The molecule has 1 aromatic carbocycles. The molecule has 0 bridgehead atoms. The number of nitro groups is 1. The second-order valence-electron chi connectivity index (χ2n) is 5.27. The van der Waals surface area contributed by atoms with Gasteiger partial charge in [0.05, 0.1) is 16.0 Å². The van der Waals surface area contributed by atoms with Gasteiger partial charge in [0, 0.05) is 54.6 Å². The van der Waals surface area contributed by atoms with Crippen LogP contribution < -0.4 is 0 Å². The molecule has 7 nitrogen and oxygen atoms in total. The number of thiophene rings is 1. The Labute approximate surface area is 135 Å². The number of carbonyl (C=O) groups excluding carboxylic acids is 1. The molecule has 0 aliphatic heterocycles. The summed E-state index contributed by atoms with van der Waals surface area (Å²) in [5, 5.41) is 15.6. The summed E-state index contributed by atoms with van der Waals surface area (Å²) in [5.41, 5.74) is 0.970. The minimum atomic E-state index is -0.437. The predicted octanol–water partition coefficient (Wildman–Crippen LogP) is 2.82. The van der Waals surface area contributed by atoms with Gasteiger partial charge in [0.25, 0.3) is 11.6 Å². The second kappa shape index (κ2) is 5.81. The number of aromatic nitrogens is 2. The fraction of sp³-hybridized carbons (Fsp3) is 0.200. The number of benzene rings is 1. The maximum Gasteiger partial charge on any atom is 0.270 e. The van der Waals surface area contributed by atoms with Crippen LogP contribution in [0.25, 0.3) is 10.1 Å². The highest BCUT2D eigenvalue weighted by atomic mass is 32.1. The highest BCUT2D eigenvalue weighted by molar-refractivity contribution is 7.20. The number of non-ortho nitro benzene ring substituents is 1. The summed E-state index contributed by atoms with van der Waals surface area (Å²) in [6.07, 6.45) is 3.58. The van der Waals surface area contributed by atoms with Crippen molar-refractivity contribution < 1.29 is 9.72 Å². The van der Waals surface area contributed by atoms with Crippen molar-refractivity contribution in [2.24, 2.45) is 7.05 Å². The Morgan fingerprint density at radius 2 is 2.22 bits per heavy atom. The first-order valence-electron chi connectivity index (χ1n) is 6.85. The van der Waals surface area contributed by atoms with E-state index in [-0.39, 0.29) is 11.6 Å². The molecule has 0 aliphatic rings. The quantitative estimate of drug-likeness (QED) is 0.544. The fourth-order valence-electron chi connectivity index (χ4n) is 2.34. The highest BCUT2D eigenvalue weighted by Gasteiger charge is 2.17. The van der Waals surface area contributed by atoms with Gasteiger partial charge in [-0.2, -0.15) is 5.10 Å². The van der Waals surface area contributed by atoms with Gasteiger partial charge in [-0.05, 0) is 12.1 Å². The molecule has 0 spiro atoms. The van der Waals surface area contributed by atoms with Crippen molar-refractivity contribution in [3.8, 4) is 0 Å². The van der Waals surface area contributed by atoms with Crippen LogP contribution in [0, 0.1) is 10.1 Å². The minimum absolute atomic E-state index is 0.0259. The summed E-state index contributed by atoms with van der Waals surface area (Å²) in [6.45, 7) is 0.459. The van der Waals surface area contributed by atoms with E-state index in [9.17, 15) is 14.9 Å². The molecule has 2 aromatic heterocycles. The Kier molecular flexibility index (Phi) is 3.83. The van der Waals surface area contributed by atoms with Crippen molar-refractivity contribution in [1.29, 1.82) is 0 Å². The SMILES string of the molecule is CN(Cc1cnn(C)c1)C(=O)c1cc2cc([N+](=O)[O-])ccc2s1. The van der Waals surface area contributed by atoms with Crippen molar-refractivity contribution in [3.63, 3.8) is 0 Å². The van der Waals surface area contributed by atoms with Crippen molar-refractivity contribution in [2.75, 3.05) is 7.05 Å². The summed E-state index contributed by atoms with van der Waals surface area (Å²) in [4.78, 5) is 25.1. The van der Waals surface area contributed by atoms with Gasteiger partial charge in [-0.3, -0.25) is 19.6 Å². The number of nitrogens with zero attached hydrogens (tertiary/aromatic N) is 4. The largest absolute Gasteiger partial charge is 0.337 e. The van der Waals surface area contributed by atoms with E-state index < -0.39 is 4.92 Å². The average molecular weight is 330 g/mol. The molecule has 0 unspecified atom stereocenters. The Morgan fingerprint density at radius 3 is 2.87 bits per heavy atom. The second-order valence-corrected chi connectivity index (χ2v) is 6.36. The zero-order valence-electron chi connectivity index (χ0n) is 12.6. The Morgan fingerprint density at radius 1 is 1.43 bits per heavy atom. The molecule has 118 valence electrons. The Bertz CT molecular complexity index is 899. The molecule has 0 N–H and O–H groups in total. The van der Waals surface area contributed by atoms with Crippen LogP contribution >= 0.6 is 11.3 Å². The number of amides is 1. The summed E-state index contributed by atoms with van der Waals surface area (Å²) in [5.74, 6) is -0.113. The van der Waals surface area contributed by atoms with Crippen LogP contribution in [0.15, 0.2) is 36.7 Å². The molecular weight excluding hydrogens is 316 g/mol. The number of aryl methyl sites for hydroxylation is 1. The molecule has 23 heavy (non-hydrogen) atoms. The van der Waals surface area contributed by atoms with Gasteiger partial charge in [-0.1, -0.05) is 0 Å². The number of fused-ring (bicyclic) bond motifs is 1. The third-order valence-electron chi connectivity index (χ3n) is 3.45. The lowest BCUT2D eigenvalue weighted by Crippen LogP contribution is -2.25. The summed E-state index contributed by atoms with van der Waals surface area (Å²) < 4.78 is 2.54. The van der Waals surface area contributed by atoms with E-state index in [2.05, 4.69) is 5.10 Å². The lowest BCUT2D eigenvalue weighted by molar-refractivity contribution is -0.384. The topological polar surface area (TPSA) is 81.3 Å². The molecule has 0 radical (unpaired) electrons. The van der Waals surface area contributed by atoms with E-state index in [0.717, 1.165) is 10.3 Å². The molecule has 0 saturated carbocycles. The maximum absolute atomic E-state index is 12.5. The molecule has 0 saturated heterocycles. The third kappa shape index (κ3) is 3.07. The Balaban J connectivity index is 1.83. The van der Waals surface area contributed by atoms with Crippen molar-refractivity contribution >= 4 is 33.0 Å². The van der Waals surface area contributed by atoms with Crippen molar-refractivity contribution in [1.82, 2.24) is 14.7 Å². The number of nitro benzene ring substituents is 1. The van der Waals surface area contributed by atoms with E-state index >= 15 is 0 Å². The van der Waals surface area contributed by atoms with E-state index in [1.54, 1.807) is 35.0 Å². The maximum atomic E-state index is 12.5. The van der Waals surface area contributed by atoms with E-state index in [1.807, 2.05) is 13.2 Å². The highest BCUT2D eigenvalue weighted by Crippen LogP contribution is 2.29. The number of rotatable bonds is 4. The molecule has 3 rings (SSSR count). The van der Waals surface area contributed by atoms with Gasteiger partial charge in [-0.15, -0.1) is 11.3 Å². The van der Waals surface area contributed by atoms with E-state index in [1.165, 1.54) is 23.5 Å². The summed E-state index contributed by atoms with van der Waals surface area (Å²) in [6, 6.07) is 6.32. The molecule has 2 heterocycles. The lowest BCUT2D eigenvalue weighted by atomic mass is 10.2. The van der Waals surface area contributed by atoms with Gasteiger partial charge in [0.1, 0.15) is 0 Å². The van der Waals surface area contributed by atoms with Crippen molar-refractivity contribution in [2.45, 2.75) is 6.54 Å². The van der Waals surface area contributed by atoms with Crippen LogP contribution in [-0.2, 0) is 13.6 Å². The van der Waals surface area contributed by atoms with Crippen LogP contribution in [0.5, 0.6) is 0 Å². The molecule has 8 heteroatoms. The fourth-order valence-corrected chi connectivity index (χ4v) is 3.37. The number of carbonyl (C=O) groups is 1. The molecule has 3 aromatic rings. The van der Waals surface area contributed by atoms with Gasteiger partial charge in [-0.25, -0.2) is 0 Å². The molecule has 1 amide bonds. The minimum Gasteiger partial charge on any atom is -0.337 e. The zero-order valence-corrected chi connectivity index (χ0v) is 13.4. The number of hydrogen-bond donors (Lipinski definition) is 0. The average Bonchev–Trinajstić information content (AvgIpc) is 3.11. The zero-order chi connectivity index (χ0) is 16.6. The van der Waals surface area contributed by atoms with Gasteiger partial charge < -0.3 is 4.90 Å². The first-order valence-corrected chi connectivity index (χ1v) is 7.66. The predicted molar refractivity (Wildman–Crippen MR) is 87.5 cm³/mol. The monoisotopic (exact) mass is 330 g/mol. The van der Waals surface area contributed by atoms with Crippen LogP contribution in [0.3, 0.4) is 0 Å². The lowest BCUT2D eigenvalue weighted by Gasteiger charge is -2.14. The van der Waals surface area contributed by atoms with Gasteiger partial charge in [0.2, 0.25) is 0 Å². The van der Waals surface area contributed by atoms with Crippen LogP contribution in [0.2, 0.25) is 0 Å². The van der Waals surface area contributed by atoms with Crippen molar-refractivity contribution in [3.05, 3.63) is 57.2 Å². The smallest absolute Gasteiger partial charge is 0.270 e. The summed E-state index contributed by atoms with van der Waals surface area (Å²) in [7, 11) is 3.55. The van der Waals surface area contributed by atoms with E-state index in [0.29, 0.717) is 16.8 Å². The summed E-state index contributed by atoms with van der Waals surface area (Å²) >= 11 is 1.34. The number of hydrogen-bond acceptors (Lipinski definition) is 5. The molecule has 0 aliphatic carbocycles. The normalized spacial score (nSPS) is 10.9. The molecule has 0 atom stereocenters. The van der Waals surface area contributed by atoms with Gasteiger partial charge in [0.15, 0.2) is 0 Å². The van der Waals surface area contributed by atoms with Gasteiger partial charge >= 0.3 is 0 Å². The standard InChI is InChI=1S/C15H14N4O3S/c1-17(8-10-7-16-18(2)9-10)15(20)14-6-11-5-12(19(21)22)3-4-13(11)23-14/h3-7,9H,8H2,1-2H3. The van der Waals surface area contributed by atoms with Crippen LogP contribution in [-0.4, -0.2) is 32.6 Å². The van der Waals surface area contributed by atoms with Crippen LogP contribution in [0.1, 0.15) is 15.2 Å².